The number of amides is 3. The van der Waals surface area contributed by atoms with Crippen LogP contribution in [0.4, 0.5) is 5.69 Å². The number of likely N-dealkylation sites (N-methyl/N-ethyl adjacent to an activating group) is 1. The Bertz CT molecular complexity index is 1030. The summed E-state index contributed by atoms with van der Waals surface area (Å²) in [5.41, 5.74) is 3.71. The van der Waals surface area contributed by atoms with E-state index in [-0.39, 0.29) is 23.3 Å². The van der Waals surface area contributed by atoms with Gasteiger partial charge in [-0.2, -0.15) is 0 Å². The fraction of sp³-hybridized carbons (Fsp3) is 0.385. The van der Waals surface area contributed by atoms with E-state index in [2.05, 4.69) is 17.7 Å². The van der Waals surface area contributed by atoms with Crippen LogP contribution in [-0.4, -0.2) is 51.9 Å². The van der Waals surface area contributed by atoms with E-state index in [0.29, 0.717) is 24.4 Å². The Morgan fingerprint density at radius 3 is 2.37 bits per heavy atom. The van der Waals surface area contributed by atoms with Gasteiger partial charge in [0.1, 0.15) is 11.8 Å². The van der Waals surface area contributed by atoms with Crippen LogP contribution >= 0.6 is 12.2 Å². The third kappa shape index (κ3) is 7.02. The van der Waals surface area contributed by atoms with Gasteiger partial charge >= 0.3 is 0 Å². The summed E-state index contributed by atoms with van der Waals surface area (Å²) >= 11 is 5.41. The zero-order chi connectivity index (χ0) is 25.2. The molecule has 3 amide bonds. The molecule has 3 rings (SSSR count). The highest BCUT2D eigenvalue weighted by Gasteiger charge is 2.43. The molecule has 2 aromatic rings. The number of anilines is 1. The summed E-state index contributed by atoms with van der Waals surface area (Å²) < 4.78 is 5.73. The molecule has 1 aliphatic rings. The van der Waals surface area contributed by atoms with Crippen LogP contribution in [-0.2, 0) is 9.59 Å². The first-order chi connectivity index (χ1) is 16.9. The van der Waals surface area contributed by atoms with E-state index in [9.17, 15) is 14.4 Å². The highest BCUT2D eigenvalue weighted by Crippen LogP contribution is 2.21. The second-order valence-electron chi connectivity index (χ2n) is 8.24. The first-order valence-electron chi connectivity index (χ1n) is 12.0. The first kappa shape index (κ1) is 26.2. The Morgan fingerprint density at radius 1 is 1.00 bits per heavy atom. The molecule has 9 heteroatoms. The summed E-state index contributed by atoms with van der Waals surface area (Å²) in [6, 6.07) is 14.8. The van der Waals surface area contributed by atoms with E-state index in [1.165, 1.54) is 22.8 Å². The molecule has 1 heterocycles. The third-order valence-corrected chi connectivity index (χ3v) is 6.07. The topological polar surface area (TPSA) is 91.0 Å². The van der Waals surface area contributed by atoms with Gasteiger partial charge in [0.2, 0.25) is 5.91 Å². The molecule has 186 valence electrons. The Labute approximate surface area is 211 Å². The third-order valence-electron chi connectivity index (χ3n) is 5.66. The minimum Gasteiger partial charge on any atom is -0.494 e. The lowest BCUT2D eigenvalue weighted by atomic mass is 10.1. The smallest absolute Gasteiger partial charge is 0.269 e. The predicted octanol–water partition coefficient (Wildman–Crippen LogP) is 4.14. The summed E-state index contributed by atoms with van der Waals surface area (Å²) in [4.78, 5) is 39.8. The monoisotopic (exact) mass is 496 g/mol. The van der Waals surface area contributed by atoms with E-state index in [1.807, 2.05) is 0 Å². The molecule has 0 aliphatic carbocycles. The number of hydrogen-bond donors (Lipinski definition) is 2. The van der Waals surface area contributed by atoms with Gasteiger partial charge in [-0.15, -0.1) is 0 Å². The number of carbonyl (C=O) groups excluding carboxylic acids is 3. The van der Waals surface area contributed by atoms with Crippen molar-refractivity contribution in [3.63, 3.8) is 0 Å². The van der Waals surface area contributed by atoms with Gasteiger partial charge in [0, 0.05) is 17.8 Å². The van der Waals surface area contributed by atoms with Gasteiger partial charge in [0.25, 0.3) is 11.8 Å². The van der Waals surface area contributed by atoms with Crippen molar-refractivity contribution in [1.29, 1.82) is 0 Å². The molecule has 1 aliphatic heterocycles. The zero-order valence-corrected chi connectivity index (χ0v) is 21.0. The number of hydrogen-bond acceptors (Lipinski definition) is 5. The van der Waals surface area contributed by atoms with Crippen LogP contribution in [0.25, 0.3) is 0 Å². The van der Waals surface area contributed by atoms with Crippen LogP contribution in [0.5, 0.6) is 5.75 Å². The lowest BCUT2D eigenvalue weighted by Gasteiger charge is -2.24. The summed E-state index contributed by atoms with van der Waals surface area (Å²) in [6.07, 6.45) is 4.37. The van der Waals surface area contributed by atoms with Crippen LogP contribution in [0.2, 0.25) is 0 Å². The minimum absolute atomic E-state index is 0.166. The molecule has 1 saturated heterocycles. The van der Waals surface area contributed by atoms with Crippen LogP contribution < -0.4 is 15.5 Å². The normalized spacial score (nSPS) is 15.3. The second kappa shape index (κ2) is 12.9. The molecule has 1 atom stereocenters. The Hall–Kier alpha value is -3.46. The molecule has 0 bridgehead atoms. The molecular weight excluding hydrogens is 464 g/mol. The number of nitrogens with one attached hydrogen (secondary N) is 2. The molecule has 0 saturated carbocycles. The largest absolute Gasteiger partial charge is 0.494 e. The van der Waals surface area contributed by atoms with Gasteiger partial charge in [-0.1, -0.05) is 44.4 Å². The summed E-state index contributed by atoms with van der Waals surface area (Å²) in [6.45, 7) is 4.96. The van der Waals surface area contributed by atoms with Crippen molar-refractivity contribution in [1.82, 2.24) is 15.3 Å². The average molecular weight is 497 g/mol. The van der Waals surface area contributed by atoms with Crippen LogP contribution in [0.15, 0.2) is 54.6 Å². The van der Waals surface area contributed by atoms with Crippen molar-refractivity contribution < 1.29 is 19.1 Å². The van der Waals surface area contributed by atoms with Gasteiger partial charge < -0.3 is 10.1 Å². The van der Waals surface area contributed by atoms with Crippen molar-refractivity contribution in [2.45, 2.75) is 52.0 Å². The second-order valence-corrected chi connectivity index (χ2v) is 8.61. The van der Waals surface area contributed by atoms with Crippen molar-refractivity contribution >= 4 is 40.7 Å². The molecule has 0 radical (unpaired) electrons. The Kier molecular flexibility index (Phi) is 9.60. The highest BCUT2D eigenvalue weighted by molar-refractivity contribution is 7.80. The zero-order valence-electron chi connectivity index (χ0n) is 20.2. The SMILES string of the molecule is CCCCCCOc1ccc(NC(=O)C[C@H]2C(=O)N(CC)C(=S)N2NC(=O)c2ccccc2)cc1. The molecule has 0 spiro atoms. The van der Waals surface area contributed by atoms with E-state index in [1.54, 1.807) is 61.5 Å². The molecular formula is C26H32N4O4S. The summed E-state index contributed by atoms with van der Waals surface area (Å²) in [5.74, 6) is -0.359. The number of rotatable bonds is 12. The van der Waals surface area contributed by atoms with Gasteiger partial charge in [0.05, 0.1) is 13.0 Å². The van der Waals surface area contributed by atoms with E-state index in [4.69, 9.17) is 17.0 Å². The maximum Gasteiger partial charge on any atom is 0.269 e. The van der Waals surface area contributed by atoms with Crippen LogP contribution in [0.1, 0.15) is 56.3 Å². The maximum absolute atomic E-state index is 12.9. The minimum atomic E-state index is -0.930. The number of benzene rings is 2. The number of nitrogens with zero attached hydrogens (tertiary/aromatic N) is 2. The molecule has 2 N–H and O–H groups in total. The summed E-state index contributed by atoms with van der Waals surface area (Å²) in [5, 5.41) is 4.28. The number of thiocarbonyl (C=S) groups is 1. The quantitative estimate of drug-likeness (QED) is 0.339. The molecule has 35 heavy (non-hydrogen) atoms. The fourth-order valence-electron chi connectivity index (χ4n) is 3.75. The Morgan fingerprint density at radius 2 is 1.71 bits per heavy atom. The Balaban J connectivity index is 1.59. The van der Waals surface area contributed by atoms with Gasteiger partial charge in [-0.25, -0.2) is 5.01 Å². The van der Waals surface area contributed by atoms with Gasteiger partial charge in [-0.3, -0.25) is 24.7 Å². The molecule has 2 aromatic carbocycles. The molecule has 1 fully saturated rings. The average Bonchev–Trinajstić information content (AvgIpc) is 3.08. The molecule has 8 nitrogen and oxygen atoms in total. The van der Waals surface area contributed by atoms with E-state index < -0.39 is 11.9 Å². The fourth-order valence-corrected chi connectivity index (χ4v) is 4.14. The van der Waals surface area contributed by atoms with Crippen molar-refractivity contribution in [3.8, 4) is 5.75 Å². The molecule has 0 unspecified atom stereocenters. The number of unbranched alkanes of at least 4 members (excludes halogenated alkanes) is 3. The van der Waals surface area contributed by atoms with Crippen LogP contribution in [0.3, 0.4) is 0 Å². The van der Waals surface area contributed by atoms with Crippen molar-refractivity contribution in [2.24, 2.45) is 0 Å². The van der Waals surface area contributed by atoms with Gasteiger partial charge in [-0.05, 0) is 62.0 Å². The summed E-state index contributed by atoms with van der Waals surface area (Å²) in [7, 11) is 0. The van der Waals surface area contributed by atoms with E-state index >= 15 is 0 Å². The highest BCUT2D eigenvalue weighted by atomic mass is 32.1. The number of hydrazine groups is 1. The van der Waals surface area contributed by atoms with Crippen molar-refractivity contribution in [3.05, 3.63) is 60.2 Å². The first-order valence-corrected chi connectivity index (χ1v) is 12.4. The number of ether oxygens (including phenoxy) is 1. The lowest BCUT2D eigenvalue weighted by molar-refractivity contribution is -0.130. The van der Waals surface area contributed by atoms with Crippen LogP contribution in [0, 0.1) is 0 Å². The van der Waals surface area contributed by atoms with Crippen molar-refractivity contribution in [2.75, 3.05) is 18.5 Å². The molecule has 0 aromatic heterocycles. The lowest BCUT2D eigenvalue weighted by Crippen LogP contribution is -2.49. The predicted molar refractivity (Wildman–Crippen MR) is 139 cm³/mol. The maximum atomic E-state index is 12.9. The standard InChI is InChI=1S/C26H32N4O4S/c1-3-5-6-10-17-34-21-15-13-20(14-16-21)27-23(31)18-22-25(33)29(4-2)26(35)30(22)28-24(32)19-11-8-7-9-12-19/h7-9,11-16,22H,3-6,10,17-18H2,1-2H3,(H,27,31)(H,28,32)/t22-/m0/s1. The van der Waals surface area contributed by atoms with E-state index in [0.717, 1.165) is 18.6 Å². The number of carbonyl (C=O) groups is 3. The van der Waals surface area contributed by atoms with Gasteiger partial charge in [0.15, 0.2) is 5.11 Å².